The summed E-state index contributed by atoms with van der Waals surface area (Å²) in [6, 6.07) is -0.420. The van der Waals surface area contributed by atoms with Gasteiger partial charge in [-0.2, -0.15) is 14.3 Å². The van der Waals surface area contributed by atoms with Crippen LogP contribution in [-0.4, -0.2) is 73.1 Å². The van der Waals surface area contributed by atoms with Gasteiger partial charge in [-0.25, -0.2) is 17.9 Å². The van der Waals surface area contributed by atoms with Crippen LogP contribution in [0.3, 0.4) is 0 Å². The van der Waals surface area contributed by atoms with Crippen LogP contribution >= 0.6 is 0 Å². The van der Waals surface area contributed by atoms with Crippen LogP contribution in [0.4, 0.5) is 4.79 Å². The van der Waals surface area contributed by atoms with Crippen molar-refractivity contribution in [3.8, 4) is 0 Å². The van der Waals surface area contributed by atoms with Gasteiger partial charge in [-0.05, 0) is 38.8 Å². The van der Waals surface area contributed by atoms with E-state index in [0.29, 0.717) is 12.3 Å². The number of hydrogen-bond donors (Lipinski definition) is 1. The van der Waals surface area contributed by atoms with Crippen LogP contribution in [0, 0.1) is 0 Å². The number of nitrogens with zero attached hydrogens (tertiary/aromatic N) is 2. The van der Waals surface area contributed by atoms with E-state index >= 15 is 0 Å². The van der Waals surface area contributed by atoms with Gasteiger partial charge in [0.05, 0.1) is 13.2 Å². The van der Waals surface area contributed by atoms with Gasteiger partial charge < -0.3 is 4.74 Å². The van der Waals surface area contributed by atoms with Gasteiger partial charge in [0.2, 0.25) is 10.0 Å². The number of amides is 3. The van der Waals surface area contributed by atoms with E-state index in [4.69, 9.17) is 4.74 Å². The molecule has 2 aliphatic carbocycles. The van der Waals surface area contributed by atoms with Crippen LogP contribution < -0.4 is 4.72 Å². The van der Waals surface area contributed by atoms with E-state index in [2.05, 4.69) is 4.72 Å². The molecule has 1 unspecified atom stereocenters. The topological polar surface area (TPSA) is 95.8 Å². The van der Waals surface area contributed by atoms with E-state index in [1.54, 1.807) is 13.0 Å². The molecule has 1 N–H and O–H groups in total. The molecule has 0 bridgehead atoms. The summed E-state index contributed by atoms with van der Waals surface area (Å²) in [4.78, 5) is 26.4. The summed E-state index contributed by atoms with van der Waals surface area (Å²) in [5.41, 5.74) is 0.272. The largest absolute Gasteiger partial charge is 0.501 e. The monoisotopic (exact) mass is 382 g/mol. The first-order valence-corrected chi connectivity index (χ1v) is 10.2. The van der Waals surface area contributed by atoms with Crippen molar-refractivity contribution in [2.45, 2.75) is 37.5 Å². The highest BCUT2D eigenvalue weighted by Gasteiger charge is 2.47. The third-order valence-electron chi connectivity index (χ3n) is 4.86. The number of imide groups is 1. The number of sulfonamides is 1. The number of carbonyl (C=O) groups excluding carboxylic acids is 2. The second-order valence-corrected chi connectivity index (χ2v) is 8.81. The maximum Gasteiger partial charge on any atom is 0.501 e. The highest BCUT2D eigenvalue weighted by molar-refractivity contribution is 7.90. The second-order valence-electron chi connectivity index (χ2n) is 6.97. The lowest BCUT2D eigenvalue weighted by molar-refractivity contribution is -0.440. The molecule has 0 radical (unpaired) electrons. The van der Waals surface area contributed by atoms with Gasteiger partial charge in [0, 0.05) is 12.6 Å². The van der Waals surface area contributed by atoms with E-state index in [9.17, 15) is 18.0 Å². The fraction of sp³-hybridized carbons (Fsp3) is 0.588. The zero-order valence-electron chi connectivity index (χ0n) is 15.2. The minimum atomic E-state index is -3.65. The van der Waals surface area contributed by atoms with Crippen molar-refractivity contribution in [3.63, 3.8) is 0 Å². The van der Waals surface area contributed by atoms with Crippen molar-refractivity contribution in [1.29, 1.82) is 0 Å². The first-order valence-electron chi connectivity index (χ1n) is 8.65. The molecular formula is C17H24N3O5S+. The van der Waals surface area contributed by atoms with Crippen LogP contribution in [0.15, 0.2) is 23.8 Å². The molecule has 3 amide bonds. The standard InChI is InChI=1S/C17H24N3O5S/c1-4-19-15(21)13-11-12(26(23,24)18-17(2)7-8-17)5-6-14(13)20(16(19)22)9-10-25-3/h5-6,11-12,18H,4,7-10H2,1-3H3/q+1. The molecule has 1 aliphatic heterocycles. The van der Waals surface area contributed by atoms with Gasteiger partial charge in [0.15, 0.2) is 0 Å². The van der Waals surface area contributed by atoms with Gasteiger partial charge in [-0.15, -0.1) is 0 Å². The first kappa shape index (κ1) is 18.9. The molecular weight excluding hydrogens is 358 g/mol. The van der Waals surface area contributed by atoms with Crippen molar-refractivity contribution in [1.82, 2.24) is 9.62 Å². The van der Waals surface area contributed by atoms with Crippen molar-refractivity contribution in [2.24, 2.45) is 0 Å². The fourth-order valence-electron chi connectivity index (χ4n) is 3.05. The molecule has 8 nitrogen and oxygen atoms in total. The van der Waals surface area contributed by atoms with Crippen LogP contribution in [0.5, 0.6) is 0 Å². The predicted molar refractivity (Wildman–Crippen MR) is 95.5 cm³/mol. The molecule has 0 aromatic rings. The Morgan fingerprint density at radius 2 is 2.08 bits per heavy atom. The molecule has 1 atom stereocenters. The summed E-state index contributed by atoms with van der Waals surface area (Å²) in [7, 11) is -2.12. The van der Waals surface area contributed by atoms with E-state index in [0.717, 1.165) is 17.7 Å². The lowest BCUT2D eigenvalue weighted by Crippen LogP contribution is -2.52. The highest BCUT2D eigenvalue weighted by Crippen LogP contribution is 2.36. The number of carbonyl (C=O) groups is 2. The van der Waals surface area contributed by atoms with Crippen molar-refractivity contribution in [2.75, 3.05) is 26.8 Å². The summed E-state index contributed by atoms with van der Waals surface area (Å²) in [6.07, 6.45) is 6.10. The normalized spacial score (nSPS) is 24.7. The Balaban J connectivity index is 1.99. The Bertz CT molecular complexity index is 836. The van der Waals surface area contributed by atoms with E-state index in [1.807, 2.05) is 6.92 Å². The van der Waals surface area contributed by atoms with Crippen molar-refractivity contribution >= 4 is 27.7 Å². The maximum atomic E-state index is 12.7. The van der Waals surface area contributed by atoms with Crippen LogP contribution in [-0.2, 0) is 19.6 Å². The van der Waals surface area contributed by atoms with Crippen LogP contribution in [0.25, 0.3) is 0 Å². The third kappa shape index (κ3) is 3.38. The SMILES string of the molecule is CCN1C(=O)C2=CC(S(=O)(=O)NC3(C)CC3)C=CC2=[N+](CCOC)C1=O. The molecule has 0 aromatic carbocycles. The predicted octanol–water partition coefficient (Wildman–Crippen LogP) is 0.405. The minimum absolute atomic E-state index is 0.212. The Kier molecular flexibility index (Phi) is 4.89. The van der Waals surface area contributed by atoms with Gasteiger partial charge >= 0.3 is 11.9 Å². The zero-order valence-corrected chi connectivity index (χ0v) is 16.0. The van der Waals surface area contributed by atoms with Crippen molar-refractivity contribution in [3.05, 3.63) is 23.8 Å². The molecule has 0 spiro atoms. The average Bonchev–Trinajstić information content (AvgIpc) is 3.31. The van der Waals surface area contributed by atoms with Gasteiger partial charge in [0.25, 0.3) is 0 Å². The smallest absolute Gasteiger partial charge is 0.381 e. The van der Waals surface area contributed by atoms with E-state index < -0.39 is 27.2 Å². The molecule has 0 aromatic heterocycles. The number of methoxy groups -OCH3 is 1. The Morgan fingerprint density at radius 1 is 1.38 bits per heavy atom. The number of likely N-dealkylation sites (N-methyl/N-ethyl adjacent to an activating group) is 1. The number of nitrogens with one attached hydrogen (secondary N) is 1. The maximum absolute atomic E-state index is 12.7. The summed E-state index contributed by atoms with van der Waals surface area (Å²) in [5.74, 6) is -0.469. The number of allylic oxidation sites excluding steroid dienone is 1. The minimum Gasteiger partial charge on any atom is -0.381 e. The fourth-order valence-corrected chi connectivity index (χ4v) is 4.68. The molecule has 9 heteroatoms. The molecule has 3 aliphatic rings. The second kappa shape index (κ2) is 6.71. The number of urea groups is 1. The molecule has 1 fully saturated rings. The molecule has 0 saturated heterocycles. The average molecular weight is 382 g/mol. The van der Waals surface area contributed by atoms with Crippen LogP contribution in [0.2, 0.25) is 0 Å². The summed E-state index contributed by atoms with van der Waals surface area (Å²) in [6.45, 7) is 4.37. The van der Waals surface area contributed by atoms with Crippen LogP contribution in [0.1, 0.15) is 26.7 Å². The molecule has 142 valence electrons. The molecule has 1 saturated carbocycles. The lowest BCUT2D eigenvalue weighted by Gasteiger charge is -2.25. The molecule has 26 heavy (non-hydrogen) atoms. The third-order valence-corrected chi connectivity index (χ3v) is 6.65. The summed E-state index contributed by atoms with van der Waals surface area (Å²) >= 11 is 0. The molecule has 1 heterocycles. The van der Waals surface area contributed by atoms with Gasteiger partial charge in [-0.3, -0.25) is 0 Å². The number of ether oxygens (including phenoxy) is 1. The summed E-state index contributed by atoms with van der Waals surface area (Å²) < 4.78 is 34.5. The number of rotatable bonds is 7. The summed E-state index contributed by atoms with van der Waals surface area (Å²) in [5, 5.41) is -0.946. The number of fused-ring (bicyclic) bond motifs is 1. The van der Waals surface area contributed by atoms with Gasteiger partial charge in [-0.1, -0.05) is 6.08 Å². The highest BCUT2D eigenvalue weighted by atomic mass is 32.2. The lowest BCUT2D eigenvalue weighted by atomic mass is 9.99. The van der Waals surface area contributed by atoms with Gasteiger partial charge in [0.1, 0.15) is 23.1 Å². The van der Waals surface area contributed by atoms with Crippen molar-refractivity contribution < 1.29 is 27.3 Å². The zero-order chi connectivity index (χ0) is 19.1. The van der Waals surface area contributed by atoms with E-state index in [1.165, 1.54) is 23.8 Å². The molecule has 3 rings (SSSR count). The Labute approximate surface area is 153 Å². The Hall–Kier alpha value is -1.84. The quantitative estimate of drug-likeness (QED) is 0.643. The first-order chi connectivity index (χ1) is 12.2. The van der Waals surface area contributed by atoms with E-state index in [-0.39, 0.29) is 24.2 Å². The number of hydrogen-bond acceptors (Lipinski definition) is 5. The Morgan fingerprint density at radius 3 is 2.65 bits per heavy atom.